The van der Waals surface area contributed by atoms with Crippen LogP contribution in [-0.2, 0) is 0 Å². The van der Waals surface area contributed by atoms with Crippen molar-refractivity contribution < 1.29 is 9.72 Å². The molecule has 26 heavy (non-hydrogen) atoms. The molecule has 0 aliphatic carbocycles. The number of para-hydroxylation sites is 1. The predicted octanol–water partition coefficient (Wildman–Crippen LogP) is 4.87. The summed E-state index contributed by atoms with van der Waals surface area (Å²) in [5.74, 6) is -0.162. The Labute approximate surface area is 153 Å². The second-order valence-electron chi connectivity index (χ2n) is 6.46. The Hall–Kier alpha value is -2.95. The first-order valence-corrected chi connectivity index (χ1v) is 8.96. The standard InChI is InChI=1S/C21H22N2O3/c24-21(14-11-17-7-3-4-8-20(17)23(25)26)18-9-12-19(13-10-18)22-15-5-1-2-6-16-22/h3-4,7-14H,1-2,5-6,15-16H2. The summed E-state index contributed by atoms with van der Waals surface area (Å²) in [6, 6.07) is 14.0. The number of carbonyl (C=O) groups excluding carboxylic acids is 1. The lowest BCUT2D eigenvalue weighted by atomic mass is 10.1. The Bertz CT molecular complexity index is 804. The van der Waals surface area contributed by atoms with Crippen molar-refractivity contribution >= 4 is 23.2 Å². The fourth-order valence-electron chi connectivity index (χ4n) is 3.22. The Morgan fingerprint density at radius 3 is 2.27 bits per heavy atom. The van der Waals surface area contributed by atoms with Gasteiger partial charge >= 0.3 is 0 Å². The molecular weight excluding hydrogens is 328 g/mol. The van der Waals surface area contributed by atoms with Gasteiger partial charge in [-0.1, -0.05) is 25.0 Å². The summed E-state index contributed by atoms with van der Waals surface area (Å²) in [7, 11) is 0. The van der Waals surface area contributed by atoms with Crippen LogP contribution in [0.5, 0.6) is 0 Å². The smallest absolute Gasteiger partial charge is 0.276 e. The van der Waals surface area contributed by atoms with E-state index >= 15 is 0 Å². The normalized spacial score (nSPS) is 15.0. The molecule has 1 saturated heterocycles. The fourth-order valence-corrected chi connectivity index (χ4v) is 3.22. The molecule has 0 N–H and O–H groups in total. The quantitative estimate of drug-likeness (QED) is 0.334. The zero-order valence-electron chi connectivity index (χ0n) is 14.6. The number of nitro groups is 1. The lowest BCUT2D eigenvalue weighted by Gasteiger charge is -2.22. The number of carbonyl (C=O) groups is 1. The first kappa shape index (κ1) is 17.9. The van der Waals surface area contributed by atoms with Crippen LogP contribution in [0.25, 0.3) is 6.08 Å². The number of hydrogen-bond acceptors (Lipinski definition) is 4. The van der Waals surface area contributed by atoms with E-state index in [1.54, 1.807) is 18.2 Å². The predicted molar refractivity (Wildman–Crippen MR) is 104 cm³/mol. The largest absolute Gasteiger partial charge is 0.372 e. The summed E-state index contributed by atoms with van der Waals surface area (Å²) >= 11 is 0. The minimum atomic E-state index is -0.444. The number of ketones is 1. The summed E-state index contributed by atoms with van der Waals surface area (Å²) < 4.78 is 0. The number of allylic oxidation sites excluding steroid dienone is 1. The first-order chi connectivity index (χ1) is 12.6. The van der Waals surface area contributed by atoms with Gasteiger partial charge in [-0.3, -0.25) is 14.9 Å². The van der Waals surface area contributed by atoms with Crippen molar-refractivity contribution in [3.63, 3.8) is 0 Å². The van der Waals surface area contributed by atoms with E-state index in [-0.39, 0.29) is 11.5 Å². The highest BCUT2D eigenvalue weighted by Crippen LogP contribution is 2.21. The van der Waals surface area contributed by atoms with Gasteiger partial charge in [0.2, 0.25) is 0 Å². The summed E-state index contributed by atoms with van der Waals surface area (Å²) in [5.41, 5.74) is 2.14. The highest BCUT2D eigenvalue weighted by atomic mass is 16.6. The molecule has 0 spiro atoms. The molecule has 0 saturated carbocycles. The van der Waals surface area contributed by atoms with Crippen LogP contribution in [0, 0.1) is 10.1 Å². The van der Waals surface area contributed by atoms with Crippen LogP contribution in [0.15, 0.2) is 54.6 Å². The molecule has 0 amide bonds. The lowest BCUT2D eigenvalue weighted by molar-refractivity contribution is -0.385. The van der Waals surface area contributed by atoms with E-state index in [1.165, 1.54) is 43.9 Å². The van der Waals surface area contributed by atoms with Crippen LogP contribution in [0.2, 0.25) is 0 Å². The van der Waals surface area contributed by atoms with Gasteiger partial charge in [0.1, 0.15) is 0 Å². The summed E-state index contributed by atoms with van der Waals surface area (Å²) in [6.45, 7) is 2.12. The average molecular weight is 350 g/mol. The van der Waals surface area contributed by atoms with Gasteiger partial charge in [0.15, 0.2) is 5.78 Å². The van der Waals surface area contributed by atoms with Gasteiger partial charge in [0.25, 0.3) is 5.69 Å². The van der Waals surface area contributed by atoms with E-state index in [4.69, 9.17) is 0 Å². The van der Waals surface area contributed by atoms with Crippen LogP contribution in [0.4, 0.5) is 11.4 Å². The number of anilines is 1. The van der Waals surface area contributed by atoms with E-state index in [9.17, 15) is 14.9 Å². The maximum Gasteiger partial charge on any atom is 0.276 e. The molecule has 2 aromatic carbocycles. The van der Waals surface area contributed by atoms with Gasteiger partial charge in [-0.15, -0.1) is 0 Å². The topological polar surface area (TPSA) is 63.4 Å². The molecule has 1 fully saturated rings. The molecule has 2 aromatic rings. The summed E-state index contributed by atoms with van der Waals surface area (Å²) in [6.07, 6.45) is 7.87. The van der Waals surface area contributed by atoms with E-state index in [2.05, 4.69) is 4.90 Å². The van der Waals surface area contributed by atoms with Crippen molar-refractivity contribution in [2.75, 3.05) is 18.0 Å². The third-order valence-corrected chi connectivity index (χ3v) is 4.67. The SMILES string of the molecule is O=C(C=Cc1ccccc1[N+](=O)[O-])c1ccc(N2CCCCCC2)cc1. The molecule has 0 unspecified atom stereocenters. The van der Waals surface area contributed by atoms with Gasteiger partial charge in [-0.05, 0) is 55.3 Å². The van der Waals surface area contributed by atoms with Crippen LogP contribution < -0.4 is 4.90 Å². The van der Waals surface area contributed by atoms with Crippen molar-refractivity contribution in [3.05, 3.63) is 75.8 Å². The number of nitrogens with zero attached hydrogens (tertiary/aromatic N) is 2. The molecule has 5 heteroatoms. The third kappa shape index (κ3) is 4.36. The van der Waals surface area contributed by atoms with Gasteiger partial charge in [0, 0.05) is 30.4 Å². The van der Waals surface area contributed by atoms with Crippen molar-refractivity contribution in [1.29, 1.82) is 0 Å². The van der Waals surface area contributed by atoms with Crippen LogP contribution in [-0.4, -0.2) is 23.8 Å². The Balaban J connectivity index is 1.71. The van der Waals surface area contributed by atoms with Crippen molar-refractivity contribution in [2.45, 2.75) is 25.7 Å². The van der Waals surface area contributed by atoms with Gasteiger partial charge in [0.05, 0.1) is 10.5 Å². The van der Waals surface area contributed by atoms with Crippen LogP contribution >= 0.6 is 0 Å². The molecule has 1 aliphatic rings. The number of hydrogen-bond donors (Lipinski definition) is 0. The van der Waals surface area contributed by atoms with Crippen LogP contribution in [0.3, 0.4) is 0 Å². The molecule has 1 heterocycles. The Morgan fingerprint density at radius 1 is 0.962 bits per heavy atom. The molecule has 1 aliphatic heterocycles. The van der Waals surface area contributed by atoms with E-state index in [0.29, 0.717) is 11.1 Å². The van der Waals surface area contributed by atoms with Gasteiger partial charge in [-0.25, -0.2) is 0 Å². The van der Waals surface area contributed by atoms with Gasteiger partial charge in [-0.2, -0.15) is 0 Å². The molecule has 134 valence electrons. The number of benzene rings is 2. The molecule has 0 atom stereocenters. The molecule has 0 aromatic heterocycles. The zero-order chi connectivity index (χ0) is 18.4. The Morgan fingerprint density at radius 2 is 1.62 bits per heavy atom. The Kier molecular flexibility index (Phi) is 5.79. The van der Waals surface area contributed by atoms with Gasteiger partial charge < -0.3 is 4.90 Å². The molecule has 0 bridgehead atoms. The van der Waals surface area contributed by atoms with E-state index in [1.807, 2.05) is 24.3 Å². The minimum Gasteiger partial charge on any atom is -0.372 e. The molecule has 5 nitrogen and oxygen atoms in total. The second kappa shape index (κ2) is 8.43. The molecule has 3 rings (SSSR count). The minimum absolute atomic E-state index is 0.00642. The van der Waals surface area contributed by atoms with E-state index < -0.39 is 4.92 Å². The monoisotopic (exact) mass is 350 g/mol. The molecular formula is C21H22N2O3. The van der Waals surface area contributed by atoms with Crippen molar-refractivity contribution in [2.24, 2.45) is 0 Å². The van der Waals surface area contributed by atoms with Crippen molar-refractivity contribution in [3.8, 4) is 0 Å². The maximum atomic E-state index is 12.4. The lowest BCUT2D eigenvalue weighted by Crippen LogP contribution is -2.23. The maximum absolute atomic E-state index is 12.4. The number of nitro benzene ring substituents is 1. The summed E-state index contributed by atoms with van der Waals surface area (Å²) in [4.78, 5) is 25.3. The second-order valence-corrected chi connectivity index (χ2v) is 6.46. The van der Waals surface area contributed by atoms with Crippen LogP contribution in [0.1, 0.15) is 41.6 Å². The highest BCUT2D eigenvalue weighted by Gasteiger charge is 2.12. The molecule has 0 radical (unpaired) electrons. The van der Waals surface area contributed by atoms with E-state index in [0.717, 1.165) is 18.8 Å². The third-order valence-electron chi connectivity index (χ3n) is 4.67. The summed E-state index contributed by atoms with van der Waals surface area (Å²) in [5, 5.41) is 11.0. The van der Waals surface area contributed by atoms with Crippen molar-refractivity contribution in [1.82, 2.24) is 0 Å². The number of rotatable bonds is 5. The first-order valence-electron chi connectivity index (χ1n) is 8.96. The highest BCUT2D eigenvalue weighted by molar-refractivity contribution is 6.07. The fraction of sp³-hybridized carbons (Fsp3) is 0.286. The zero-order valence-corrected chi connectivity index (χ0v) is 14.6. The average Bonchev–Trinajstić information content (AvgIpc) is 2.96.